The number of aliphatic hydroxyl groups excluding tert-OH is 1. The number of aromatic nitrogens is 5. The van der Waals surface area contributed by atoms with Crippen LogP contribution in [-0.4, -0.2) is 57.2 Å². The van der Waals surface area contributed by atoms with Crippen molar-refractivity contribution in [3.63, 3.8) is 0 Å². The summed E-state index contributed by atoms with van der Waals surface area (Å²) >= 11 is 0. The van der Waals surface area contributed by atoms with Crippen LogP contribution < -0.4 is 4.74 Å². The van der Waals surface area contributed by atoms with Crippen LogP contribution in [0.25, 0.3) is 23.1 Å². The molecule has 36 heavy (non-hydrogen) atoms. The lowest BCUT2D eigenvalue weighted by Crippen LogP contribution is -2.16. The minimum Gasteiger partial charge on any atom is -0.406 e. The maximum Gasteiger partial charge on any atom is 0.573 e. The summed E-state index contributed by atoms with van der Waals surface area (Å²) in [5.41, 5.74) is 1.07. The first-order valence-corrected chi connectivity index (χ1v) is 12.2. The second-order valence-electron chi connectivity index (χ2n) is 7.68. The highest BCUT2D eigenvalue weighted by atomic mass is 32.2. The molecule has 10 nitrogen and oxygen atoms in total. The first-order valence-electron chi connectivity index (χ1n) is 10.6. The van der Waals surface area contributed by atoms with Crippen LogP contribution in [0.2, 0.25) is 0 Å². The SMILES string of the molecule is Cc1nc(-c2nc(-c3ccc(OC(F)(F)F)cc3)no2)nn1Cc1cccc(S(=O)(=O)CCCO)c1. The van der Waals surface area contributed by atoms with Gasteiger partial charge in [0, 0.05) is 12.2 Å². The smallest absolute Gasteiger partial charge is 0.406 e. The van der Waals surface area contributed by atoms with Crippen LogP contribution in [0.1, 0.15) is 17.8 Å². The third kappa shape index (κ3) is 6.07. The fourth-order valence-electron chi connectivity index (χ4n) is 3.28. The van der Waals surface area contributed by atoms with Crippen LogP contribution in [0, 0.1) is 6.92 Å². The van der Waals surface area contributed by atoms with Crippen molar-refractivity contribution in [1.29, 1.82) is 0 Å². The number of alkyl halides is 3. The minimum atomic E-state index is -4.79. The fraction of sp³-hybridized carbons (Fsp3) is 0.273. The van der Waals surface area contributed by atoms with Crippen LogP contribution in [0.3, 0.4) is 0 Å². The highest BCUT2D eigenvalue weighted by Crippen LogP contribution is 2.26. The summed E-state index contributed by atoms with van der Waals surface area (Å²) < 4.78 is 72.5. The standard InChI is InChI=1S/C22H20F3N5O5S/c1-14-26-20(21-27-19(29-35-21)16-6-8-17(9-7-16)34-22(23,24)25)28-30(14)13-15-4-2-5-18(12-15)36(32,33)11-3-10-31/h2,4-9,12,31H,3,10-11,13H2,1H3. The van der Waals surface area contributed by atoms with Gasteiger partial charge in [-0.2, -0.15) is 4.98 Å². The molecule has 0 fully saturated rings. The first kappa shape index (κ1) is 25.3. The van der Waals surface area contributed by atoms with Gasteiger partial charge < -0.3 is 14.4 Å². The summed E-state index contributed by atoms with van der Waals surface area (Å²) in [4.78, 5) is 8.68. The molecule has 0 aliphatic heterocycles. The normalized spacial score (nSPS) is 12.1. The number of sulfone groups is 1. The zero-order valence-corrected chi connectivity index (χ0v) is 19.6. The van der Waals surface area contributed by atoms with Crippen molar-refractivity contribution in [2.75, 3.05) is 12.4 Å². The summed E-state index contributed by atoms with van der Waals surface area (Å²) in [7, 11) is -3.52. The van der Waals surface area contributed by atoms with E-state index < -0.39 is 16.2 Å². The Morgan fingerprint density at radius 2 is 1.83 bits per heavy atom. The molecule has 2 aromatic carbocycles. The number of nitrogens with zero attached hydrogens (tertiary/aromatic N) is 5. The lowest BCUT2D eigenvalue weighted by molar-refractivity contribution is -0.274. The van der Waals surface area contributed by atoms with Crippen LogP contribution in [0.5, 0.6) is 5.75 Å². The van der Waals surface area contributed by atoms with Gasteiger partial charge in [0.25, 0.3) is 5.89 Å². The van der Waals surface area contributed by atoms with Gasteiger partial charge in [-0.05, 0) is 55.3 Å². The molecule has 0 saturated carbocycles. The van der Waals surface area contributed by atoms with E-state index in [1.54, 1.807) is 29.8 Å². The lowest BCUT2D eigenvalue weighted by Gasteiger charge is -2.08. The maximum atomic E-state index is 12.4. The molecule has 4 rings (SSSR count). The number of hydrogen-bond acceptors (Lipinski definition) is 9. The Bertz CT molecular complexity index is 1450. The Balaban J connectivity index is 1.51. The average molecular weight is 523 g/mol. The van der Waals surface area contributed by atoms with E-state index in [-0.39, 0.29) is 53.5 Å². The topological polar surface area (TPSA) is 133 Å². The summed E-state index contributed by atoms with van der Waals surface area (Å²) in [5, 5.41) is 17.1. The lowest BCUT2D eigenvalue weighted by atomic mass is 10.2. The summed E-state index contributed by atoms with van der Waals surface area (Å²) in [6, 6.07) is 11.4. The Morgan fingerprint density at radius 3 is 2.53 bits per heavy atom. The number of hydrogen-bond donors (Lipinski definition) is 1. The predicted molar refractivity (Wildman–Crippen MR) is 119 cm³/mol. The Morgan fingerprint density at radius 1 is 1.08 bits per heavy atom. The highest BCUT2D eigenvalue weighted by molar-refractivity contribution is 7.91. The van der Waals surface area contributed by atoms with Gasteiger partial charge in [-0.3, -0.25) is 0 Å². The van der Waals surface area contributed by atoms with Crippen LogP contribution >= 0.6 is 0 Å². The van der Waals surface area contributed by atoms with Gasteiger partial charge in [0.2, 0.25) is 11.6 Å². The molecule has 14 heteroatoms. The minimum absolute atomic E-state index is 0.00259. The first-order chi connectivity index (χ1) is 17.0. The molecule has 0 atom stereocenters. The fourth-order valence-corrected chi connectivity index (χ4v) is 4.64. The largest absolute Gasteiger partial charge is 0.573 e. The molecule has 1 N–H and O–H groups in total. The van der Waals surface area contributed by atoms with E-state index in [4.69, 9.17) is 9.63 Å². The summed E-state index contributed by atoms with van der Waals surface area (Å²) in [6.45, 7) is 1.72. The highest BCUT2D eigenvalue weighted by Gasteiger charge is 2.31. The molecule has 0 amide bonds. The Hall–Kier alpha value is -3.78. The van der Waals surface area contributed by atoms with Gasteiger partial charge in [0.15, 0.2) is 9.84 Å². The van der Waals surface area contributed by atoms with Gasteiger partial charge >= 0.3 is 6.36 Å². The molecule has 0 spiro atoms. The third-order valence-electron chi connectivity index (χ3n) is 4.98. The van der Waals surface area contributed by atoms with Gasteiger partial charge in [-0.15, -0.1) is 18.3 Å². The molecular formula is C22H20F3N5O5S. The summed E-state index contributed by atoms with van der Waals surface area (Å²) in [5.74, 6) is 0.233. The van der Waals surface area contributed by atoms with Crippen LogP contribution in [-0.2, 0) is 16.4 Å². The number of rotatable bonds is 9. The zero-order chi connectivity index (χ0) is 25.9. The Kier molecular flexibility index (Phi) is 7.08. The van der Waals surface area contributed by atoms with E-state index >= 15 is 0 Å². The maximum absolute atomic E-state index is 12.4. The van der Waals surface area contributed by atoms with Crippen LogP contribution in [0.15, 0.2) is 57.9 Å². The van der Waals surface area contributed by atoms with Gasteiger partial charge in [-0.25, -0.2) is 18.1 Å². The van der Waals surface area contributed by atoms with E-state index in [9.17, 15) is 21.6 Å². The van der Waals surface area contributed by atoms with E-state index in [2.05, 4.69) is 25.0 Å². The third-order valence-corrected chi connectivity index (χ3v) is 6.78. The van der Waals surface area contributed by atoms with Crippen molar-refractivity contribution in [2.45, 2.75) is 31.1 Å². The molecule has 0 saturated heterocycles. The summed E-state index contributed by atoms with van der Waals surface area (Å²) in [6.07, 6.45) is -4.64. The number of ether oxygens (including phenoxy) is 1. The van der Waals surface area contributed by atoms with E-state index in [0.717, 1.165) is 12.1 Å². The van der Waals surface area contributed by atoms with Crippen LogP contribution in [0.4, 0.5) is 13.2 Å². The molecule has 2 aromatic heterocycles. The van der Waals surface area contributed by atoms with Gasteiger partial charge in [0.1, 0.15) is 11.6 Å². The predicted octanol–water partition coefficient (Wildman–Crippen LogP) is 3.41. The number of benzene rings is 2. The molecule has 0 aliphatic rings. The number of halogens is 3. The zero-order valence-electron chi connectivity index (χ0n) is 18.8. The van der Waals surface area contributed by atoms with E-state index in [1.807, 2.05) is 0 Å². The van der Waals surface area contributed by atoms with Crippen molar-refractivity contribution in [2.24, 2.45) is 0 Å². The van der Waals surface area contributed by atoms with Gasteiger partial charge in [0.05, 0.1) is 17.2 Å². The molecule has 0 aliphatic carbocycles. The van der Waals surface area contributed by atoms with E-state index in [1.165, 1.54) is 18.2 Å². The van der Waals surface area contributed by atoms with Crippen molar-refractivity contribution in [3.05, 3.63) is 59.9 Å². The molecule has 0 unspecified atom stereocenters. The second kappa shape index (κ2) is 10.1. The van der Waals surface area contributed by atoms with Crippen molar-refractivity contribution < 1.29 is 36.0 Å². The quantitative estimate of drug-likeness (QED) is 0.350. The molecular weight excluding hydrogens is 503 g/mol. The molecule has 0 radical (unpaired) electrons. The second-order valence-corrected chi connectivity index (χ2v) is 9.79. The number of aliphatic hydroxyl groups is 1. The van der Waals surface area contributed by atoms with Crippen molar-refractivity contribution in [1.82, 2.24) is 24.9 Å². The Labute approximate surface area is 203 Å². The monoisotopic (exact) mass is 523 g/mol. The molecule has 190 valence electrons. The molecule has 4 aromatic rings. The molecule has 2 heterocycles. The van der Waals surface area contributed by atoms with Crippen molar-refractivity contribution in [3.8, 4) is 28.9 Å². The number of aryl methyl sites for hydroxylation is 1. The van der Waals surface area contributed by atoms with Crippen molar-refractivity contribution >= 4 is 9.84 Å². The van der Waals surface area contributed by atoms with E-state index in [0.29, 0.717) is 17.0 Å². The van der Waals surface area contributed by atoms with Gasteiger partial charge in [-0.1, -0.05) is 17.3 Å². The average Bonchev–Trinajstić information content (AvgIpc) is 3.45. The molecule has 0 bridgehead atoms.